The molecule has 5 heteroatoms. The molecule has 0 aromatic heterocycles. The molecule has 3 aromatic carbocycles. The number of aliphatic imine (C=N–C) groups is 1. The first-order chi connectivity index (χ1) is 12.6. The van der Waals surface area contributed by atoms with Crippen LogP contribution in [0, 0.1) is 0 Å². The Bertz CT molecular complexity index is 984. The maximum absolute atomic E-state index is 10.3. The van der Waals surface area contributed by atoms with Crippen LogP contribution in [0.25, 0.3) is 0 Å². The fraction of sp³-hybridized carbons (Fsp3) is 0.0952. The SMILES string of the molecule is Oc1ccccc1C1=N[C@@H](c2ccccc2O)[C@@H](c2ccccc2O)N1. The van der Waals surface area contributed by atoms with Crippen molar-refractivity contribution in [2.75, 3.05) is 0 Å². The first kappa shape index (κ1) is 16.0. The molecule has 0 aliphatic carbocycles. The average molecular weight is 346 g/mol. The van der Waals surface area contributed by atoms with E-state index in [4.69, 9.17) is 4.99 Å². The van der Waals surface area contributed by atoms with Crippen molar-refractivity contribution in [1.29, 1.82) is 0 Å². The number of phenols is 3. The summed E-state index contributed by atoms with van der Waals surface area (Å²) < 4.78 is 0. The van der Waals surface area contributed by atoms with Gasteiger partial charge in [-0.25, -0.2) is 0 Å². The Balaban J connectivity index is 1.83. The quantitative estimate of drug-likeness (QED) is 0.583. The van der Waals surface area contributed by atoms with Crippen LogP contribution in [-0.2, 0) is 0 Å². The number of benzene rings is 3. The lowest BCUT2D eigenvalue weighted by Crippen LogP contribution is -2.25. The Labute approximate surface area is 150 Å². The average Bonchev–Trinajstić information content (AvgIpc) is 3.07. The third kappa shape index (κ3) is 2.73. The van der Waals surface area contributed by atoms with Crippen molar-refractivity contribution in [2.24, 2.45) is 4.99 Å². The normalized spacial score (nSPS) is 19.0. The molecule has 0 unspecified atom stereocenters. The van der Waals surface area contributed by atoms with Gasteiger partial charge in [0.15, 0.2) is 0 Å². The molecule has 0 fully saturated rings. The summed E-state index contributed by atoms with van der Waals surface area (Å²) in [5.74, 6) is 0.929. The summed E-state index contributed by atoms with van der Waals surface area (Å²) in [6.45, 7) is 0. The van der Waals surface area contributed by atoms with Crippen LogP contribution in [0.2, 0.25) is 0 Å². The molecule has 0 spiro atoms. The second kappa shape index (κ2) is 6.44. The first-order valence-corrected chi connectivity index (χ1v) is 8.33. The van der Waals surface area contributed by atoms with Gasteiger partial charge in [-0.15, -0.1) is 0 Å². The number of rotatable bonds is 3. The van der Waals surface area contributed by atoms with E-state index in [0.29, 0.717) is 22.5 Å². The second-order valence-electron chi connectivity index (χ2n) is 6.18. The lowest BCUT2D eigenvalue weighted by atomic mass is 9.93. The van der Waals surface area contributed by atoms with Crippen molar-refractivity contribution < 1.29 is 15.3 Å². The van der Waals surface area contributed by atoms with Crippen LogP contribution < -0.4 is 5.32 Å². The molecule has 0 bridgehead atoms. The van der Waals surface area contributed by atoms with Gasteiger partial charge in [-0.05, 0) is 24.3 Å². The number of nitrogens with one attached hydrogen (secondary N) is 1. The molecule has 4 N–H and O–H groups in total. The highest BCUT2D eigenvalue weighted by Crippen LogP contribution is 2.43. The molecular weight excluding hydrogens is 328 g/mol. The Kier molecular flexibility index (Phi) is 3.97. The van der Waals surface area contributed by atoms with E-state index < -0.39 is 6.04 Å². The van der Waals surface area contributed by atoms with Crippen LogP contribution in [0.1, 0.15) is 28.8 Å². The van der Waals surface area contributed by atoms with Crippen molar-refractivity contribution >= 4 is 5.84 Å². The maximum Gasteiger partial charge on any atom is 0.133 e. The standard InChI is InChI=1S/C21H18N2O3/c24-16-10-4-1-7-13(16)19-20(14-8-2-5-11-17(14)25)23-21(22-19)15-9-3-6-12-18(15)26/h1-12,19-20,24-26H,(H,22,23)/t19-,20+. The number of aromatic hydroxyl groups is 3. The highest BCUT2D eigenvalue weighted by molar-refractivity contribution is 6.02. The van der Waals surface area contributed by atoms with Gasteiger partial charge in [-0.3, -0.25) is 4.99 Å². The summed E-state index contributed by atoms with van der Waals surface area (Å²) in [6, 6.07) is 20.2. The number of hydrogen-bond donors (Lipinski definition) is 4. The third-order valence-corrected chi connectivity index (χ3v) is 4.56. The molecule has 2 atom stereocenters. The van der Waals surface area contributed by atoms with E-state index in [1.54, 1.807) is 42.5 Å². The van der Waals surface area contributed by atoms with E-state index in [2.05, 4.69) is 5.32 Å². The van der Waals surface area contributed by atoms with E-state index in [-0.39, 0.29) is 23.3 Å². The van der Waals surface area contributed by atoms with Gasteiger partial charge in [0.1, 0.15) is 29.1 Å². The Morgan fingerprint density at radius 1 is 0.654 bits per heavy atom. The maximum atomic E-state index is 10.3. The Morgan fingerprint density at radius 3 is 1.81 bits per heavy atom. The van der Waals surface area contributed by atoms with E-state index >= 15 is 0 Å². The van der Waals surface area contributed by atoms with Crippen LogP contribution in [0.4, 0.5) is 0 Å². The van der Waals surface area contributed by atoms with Crippen LogP contribution in [0.5, 0.6) is 17.2 Å². The van der Waals surface area contributed by atoms with Crippen molar-refractivity contribution in [3.8, 4) is 17.2 Å². The summed E-state index contributed by atoms with van der Waals surface area (Å²) in [6.07, 6.45) is 0. The summed E-state index contributed by atoms with van der Waals surface area (Å²) in [7, 11) is 0. The fourth-order valence-corrected chi connectivity index (χ4v) is 3.28. The first-order valence-electron chi connectivity index (χ1n) is 8.33. The molecule has 26 heavy (non-hydrogen) atoms. The molecule has 0 radical (unpaired) electrons. The fourth-order valence-electron chi connectivity index (χ4n) is 3.28. The molecule has 3 aromatic rings. The summed E-state index contributed by atoms with van der Waals surface area (Å²) in [5.41, 5.74) is 1.90. The van der Waals surface area contributed by atoms with Crippen LogP contribution in [-0.4, -0.2) is 21.2 Å². The zero-order valence-corrected chi connectivity index (χ0v) is 13.9. The van der Waals surface area contributed by atoms with Crippen molar-refractivity contribution in [3.05, 3.63) is 89.5 Å². The molecule has 5 nitrogen and oxygen atoms in total. The number of amidine groups is 1. The zero-order valence-electron chi connectivity index (χ0n) is 13.9. The molecule has 1 aliphatic heterocycles. The van der Waals surface area contributed by atoms with Crippen LogP contribution >= 0.6 is 0 Å². The van der Waals surface area contributed by atoms with Gasteiger partial charge in [0.05, 0.1) is 11.6 Å². The van der Waals surface area contributed by atoms with Crippen LogP contribution in [0.15, 0.2) is 77.8 Å². The van der Waals surface area contributed by atoms with Gasteiger partial charge < -0.3 is 20.6 Å². The third-order valence-electron chi connectivity index (χ3n) is 4.56. The summed E-state index contributed by atoms with van der Waals surface area (Å²) >= 11 is 0. The lowest BCUT2D eigenvalue weighted by Gasteiger charge is -2.21. The summed E-state index contributed by atoms with van der Waals surface area (Å²) in [5, 5.41) is 34.1. The smallest absolute Gasteiger partial charge is 0.133 e. The minimum atomic E-state index is -0.445. The number of hydrogen-bond acceptors (Lipinski definition) is 5. The molecule has 4 rings (SSSR count). The minimum absolute atomic E-state index is 0.118. The van der Waals surface area contributed by atoms with Gasteiger partial charge in [0.25, 0.3) is 0 Å². The molecule has 130 valence electrons. The predicted molar refractivity (Wildman–Crippen MR) is 99.5 cm³/mol. The second-order valence-corrected chi connectivity index (χ2v) is 6.18. The molecule has 0 amide bonds. The van der Waals surface area contributed by atoms with Gasteiger partial charge >= 0.3 is 0 Å². The predicted octanol–water partition coefficient (Wildman–Crippen LogP) is 3.64. The van der Waals surface area contributed by atoms with Gasteiger partial charge in [0.2, 0.25) is 0 Å². The molecule has 0 saturated carbocycles. The van der Waals surface area contributed by atoms with Gasteiger partial charge in [-0.2, -0.15) is 0 Å². The molecule has 1 aliphatic rings. The highest BCUT2D eigenvalue weighted by atomic mass is 16.3. The van der Waals surface area contributed by atoms with Crippen molar-refractivity contribution in [2.45, 2.75) is 12.1 Å². The monoisotopic (exact) mass is 346 g/mol. The molecule has 0 saturated heterocycles. The van der Waals surface area contributed by atoms with Gasteiger partial charge in [-0.1, -0.05) is 48.5 Å². The van der Waals surface area contributed by atoms with E-state index in [1.807, 2.05) is 30.3 Å². The minimum Gasteiger partial charge on any atom is -0.508 e. The topological polar surface area (TPSA) is 85.1 Å². The number of nitrogens with zero attached hydrogens (tertiary/aromatic N) is 1. The number of phenolic OH excluding ortho intramolecular Hbond substituents is 3. The zero-order chi connectivity index (χ0) is 18.1. The van der Waals surface area contributed by atoms with Gasteiger partial charge in [0, 0.05) is 11.1 Å². The van der Waals surface area contributed by atoms with E-state index in [0.717, 1.165) is 0 Å². The Hall–Kier alpha value is -3.47. The summed E-state index contributed by atoms with van der Waals surface area (Å²) in [4.78, 5) is 4.72. The lowest BCUT2D eigenvalue weighted by molar-refractivity contribution is 0.436. The van der Waals surface area contributed by atoms with Crippen LogP contribution in [0.3, 0.4) is 0 Å². The van der Waals surface area contributed by atoms with Crippen molar-refractivity contribution in [1.82, 2.24) is 5.32 Å². The van der Waals surface area contributed by atoms with Crippen molar-refractivity contribution in [3.63, 3.8) is 0 Å². The highest BCUT2D eigenvalue weighted by Gasteiger charge is 2.35. The number of para-hydroxylation sites is 3. The van der Waals surface area contributed by atoms with E-state index in [9.17, 15) is 15.3 Å². The van der Waals surface area contributed by atoms with E-state index in [1.165, 1.54) is 0 Å². The molecular formula is C21H18N2O3. The Morgan fingerprint density at radius 2 is 1.19 bits per heavy atom. The largest absolute Gasteiger partial charge is 0.508 e. The molecule has 1 heterocycles.